The zero-order chi connectivity index (χ0) is 13.5. The molecule has 0 aliphatic heterocycles. The molecular formula is C19H17N. The Kier molecular flexibility index (Phi) is 2.61. The first-order chi connectivity index (χ1) is 9.88. The molecule has 0 heterocycles. The maximum absolute atomic E-state index is 3.44. The molecule has 98 valence electrons. The van der Waals surface area contributed by atoms with Gasteiger partial charge in [-0.05, 0) is 44.4 Å². The molecule has 0 saturated carbocycles. The molecule has 4 aromatic carbocycles. The topological polar surface area (TPSA) is 12.0 Å². The van der Waals surface area contributed by atoms with Crippen molar-refractivity contribution in [3.8, 4) is 0 Å². The lowest BCUT2D eigenvalue weighted by Crippen LogP contribution is -2.11. The fraction of sp³-hybridized carbons (Fsp3) is 0.158. The van der Waals surface area contributed by atoms with Crippen LogP contribution in [-0.4, -0.2) is 6.54 Å². The summed E-state index contributed by atoms with van der Waals surface area (Å²) in [4.78, 5) is 0. The monoisotopic (exact) mass is 259 g/mol. The van der Waals surface area contributed by atoms with E-state index >= 15 is 0 Å². The molecule has 0 atom stereocenters. The van der Waals surface area contributed by atoms with Crippen molar-refractivity contribution in [1.82, 2.24) is 5.32 Å². The lowest BCUT2D eigenvalue weighted by molar-refractivity contribution is 0.731. The van der Waals surface area contributed by atoms with Crippen LogP contribution < -0.4 is 5.32 Å². The van der Waals surface area contributed by atoms with Gasteiger partial charge in [-0.25, -0.2) is 0 Å². The van der Waals surface area contributed by atoms with Gasteiger partial charge in [0.25, 0.3) is 0 Å². The number of hydrogen-bond acceptors (Lipinski definition) is 1. The van der Waals surface area contributed by atoms with Gasteiger partial charge in [-0.2, -0.15) is 0 Å². The van der Waals surface area contributed by atoms with Crippen molar-refractivity contribution in [2.24, 2.45) is 0 Å². The van der Waals surface area contributed by atoms with Crippen molar-refractivity contribution < 1.29 is 0 Å². The Labute approximate surface area is 118 Å². The van der Waals surface area contributed by atoms with Crippen LogP contribution in [0.25, 0.3) is 32.3 Å². The zero-order valence-corrected chi connectivity index (χ0v) is 11.6. The van der Waals surface area contributed by atoms with Crippen LogP contribution in [0, 0.1) is 0 Å². The zero-order valence-electron chi connectivity index (χ0n) is 11.6. The minimum atomic E-state index is 0.935. The van der Waals surface area contributed by atoms with Gasteiger partial charge in [0.1, 0.15) is 0 Å². The Hall–Kier alpha value is -2.12. The van der Waals surface area contributed by atoms with E-state index in [-0.39, 0.29) is 0 Å². The summed E-state index contributed by atoms with van der Waals surface area (Å²) in [6.45, 7) is 4.09. The molecule has 0 unspecified atom stereocenters. The molecule has 1 nitrogen and oxygen atoms in total. The highest BCUT2D eigenvalue weighted by Gasteiger charge is 2.09. The molecule has 1 N–H and O–H groups in total. The molecule has 0 aliphatic rings. The van der Waals surface area contributed by atoms with Crippen LogP contribution in [0.4, 0.5) is 0 Å². The molecule has 0 spiro atoms. The van der Waals surface area contributed by atoms with E-state index in [4.69, 9.17) is 0 Å². The van der Waals surface area contributed by atoms with E-state index in [1.54, 1.807) is 0 Å². The molecule has 4 rings (SSSR count). The highest BCUT2D eigenvalue weighted by Crippen LogP contribution is 2.35. The maximum atomic E-state index is 3.44. The summed E-state index contributed by atoms with van der Waals surface area (Å²) in [5.41, 5.74) is 1.39. The molecule has 4 aromatic rings. The van der Waals surface area contributed by atoms with Crippen molar-refractivity contribution in [1.29, 1.82) is 0 Å². The van der Waals surface area contributed by atoms with Crippen LogP contribution in [0.15, 0.2) is 54.6 Å². The molecule has 0 amide bonds. The highest BCUT2D eigenvalue weighted by molar-refractivity contribution is 6.23. The van der Waals surface area contributed by atoms with Crippen LogP contribution in [0.5, 0.6) is 0 Å². The normalized spacial score (nSPS) is 11.8. The van der Waals surface area contributed by atoms with E-state index in [1.165, 1.54) is 37.9 Å². The smallest absolute Gasteiger partial charge is 0.0211 e. The molecule has 0 fully saturated rings. The summed E-state index contributed by atoms with van der Waals surface area (Å²) in [5, 5.41) is 11.6. The van der Waals surface area contributed by atoms with Gasteiger partial charge >= 0.3 is 0 Å². The van der Waals surface area contributed by atoms with Crippen LogP contribution in [0.2, 0.25) is 0 Å². The molecule has 0 aromatic heterocycles. The summed E-state index contributed by atoms with van der Waals surface area (Å²) in [5.74, 6) is 0. The third-order valence-corrected chi connectivity index (χ3v) is 4.18. The number of benzene rings is 4. The number of nitrogens with one attached hydrogen (secondary N) is 1. The van der Waals surface area contributed by atoms with E-state index in [0.29, 0.717) is 0 Å². The Morgan fingerprint density at radius 2 is 1.40 bits per heavy atom. The third kappa shape index (κ3) is 1.60. The quantitative estimate of drug-likeness (QED) is 0.526. The predicted molar refractivity (Wildman–Crippen MR) is 87.5 cm³/mol. The van der Waals surface area contributed by atoms with Gasteiger partial charge in [-0.15, -0.1) is 0 Å². The van der Waals surface area contributed by atoms with E-state index in [9.17, 15) is 0 Å². The first-order valence-electron chi connectivity index (χ1n) is 7.24. The van der Waals surface area contributed by atoms with Crippen LogP contribution in [0.3, 0.4) is 0 Å². The summed E-state index contributed by atoms with van der Waals surface area (Å²) in [6.07, 6.45) is 0. The van der Waals surface area contributed by atoms with Crippen molar-refractivity contribution in [3.05, 3.63) is 60.2 Å². The number of hydrogen-bond donors (Lipinski definition) is 1. The Balaban J connectivity index is 2.14. The van der Waals surface area contributed by atoms with Crippen LogP contribution in [0.1, 0.15) is 12.5 Å². The predicted octanol–water partition coefficient (Wildman–Crippen LogP) is 4.69. The second-order valence-corrected chi connectivity index (χ2v) is 5.36. The molecule has 20 heavy (non-hydrogen) atoms. The third-order valence-electron chi connectivity index (χ3n) is 4.18. The van der Waals surface area contributed by atoms with E-state index < -0.39 is 0 Å². The second kappa shape index (κ2) is 4.46. The van der Waals surface area contributed by atoms with Gasteiger partial charge in [0, 0.05) is 6.54 Å². The SMILES string of the molecule is CCNCc1ccc2ccc3cccc4ccc1c2c34. The fourth-order valence-electron chi connectivity index (χ4n) is 3.21. The Bertz CT molecular complexity index is 876. The Morgan fingerprint density at radius 3 is 2.15 bits per heavy atom. The van der Waals surface area contributed by atoms with Gasteiger partial charge in [-0.1, -0.05) is 61.5 Å². The van der Waals surface area contributed by atoms with E-state index in [1.807, 2.05) is 0 Å². The second-order valence-electron chi connectivity index (χ2n) is 5.36. The molecule has 0 radical (unpaired) electrons. The van der Waals surface area contributed by atoms with Crippen molar-refractivity contribution >= 4 is 32.3 Å². The molecule has 0 bridgehead atoms. The molecule has 1 heteroatoms. The highest BCUT2D eigenvalue weighted by atomic mass is 14.8. The largest absolute Gasteiger partial charge is 0.313 e. The van der Waals surface area contributed by atoms with Gasteiger partial charge in [0.15, 0.2) is 0 Å². The number of rotatable bonds is 3. The Morgan fingerprint density at radius 1 is 0.750 bits per heavy atom. The van der Waals surface area contributed by atoms with Gasteiger partial charge < -0.3 is 5.32 Å². The van der Waals surface area contributed by atoms with Crippen molar-refractivity contribution in [2.75, 3.05) is 6.54 Å². The minimum Gasteiger partial charge on any atom is -0.313 e. The maximum Gasteiger partial charge on any atom is 0.0211 e. The van der Waals surface area contributed by atoms with E-state index in [2.05, 4.69) is 66.8 Å². The average molecular weight is 259 g/mol. The standard InChI is InChI=1S/C19H17N/c1-2-20-12-16-9-8-15-7-6-13-4-3-5-14-10-11-17(16)19(15)18(13)14/h3-11,20H,2,12H2,1H3. The molecular weight excluding hydrogens is 242 g/mol. The lowest BCUT2D eigenvalue weighted by Gasteiger charge is -2.14. The summed E-state index contributed by atoms with van der Waals surface area (Å²) in [6, 6.07) is 20.1. The average Bonchev–Trinajstić information content (AvgIpc) is 2.51. The van der Waals surface area contributed by atoms with Crippen LogP contribution in [-0.2, 0) is 6.54 Å². The summed E-state index contributed by atoms with van der Waals surface area (Å²) >= 11 is 0. The summed E-state index contributed by atoms with van der Waals surface area (Å²) in [7, 11) is 0. The molecule has 0 saturated heterocycles. The first kappa shape index (κ1) is 11.7. The van der Waals surface area contributed by atoms with Crippen molar-refractivity contribution in [3.63, 3.8) is 0 Å². The fourth-order valence-corrected chi connectivity index (χ4v) is 3.21. The lowest BCUT2D eigenvalue weighted by atomic mass is 9.92. The van der Waals surface area contributed by atoms with Gasteiger partial charge in [-0.3, -0.25) is 0 Å². The minimum absolute atomic E-state index is 0.935. The molecule has 0 aliphatic carbocycles. The first-order valence-corrected chi connectivity index (χ1v) is 7.24. The van der Waals surface area contributed by atoms with E-state index in [0.717, 1.165) is 13.1 Å². The van der Waals surface area contributed by atoms with Crippen LogP contribution >= 0.6 is 0 Å². The van der Waals surface area contributed by atoms with Gasteiger partial charge in [0.05, 0.1) is 0 Å². The van der Waals surface area contributed by atoms with Gasteiger partial charge in [0.2, 0.25) is 0 Å². The van der Waals surface area contributed by atoms with Crippen molar-refractivity contribution in [2.45, 2.75) is 13.5 Å². The summed E-state index contributed by atoms with van der Waals surface area (Å²) < 4.78 is 0.